The predicted octanol–water partition coefficient (Wildman–Crippen LogP) is 2.39. The Bertz CT molecular complexity index is 551. The molecule has 1 atom stereocenters. The second kappa shape index (κ2) is 4.37. The molecular weight excluding hydrogens is 274 g/mol. The smallest absolute Gasteiger partial charge is 0.226 e. The molecule has 0 aliphatic carbocycles. The highest BCUT2D eigenvalue weighted by molar-refractivity contribution is 6.30. The minimum atomic E-state index is -0.258. The maximum Gasteiger partial charge on any atom is 0.226 e. The topological polar surface area (TPSA) is 28.1 Å². The highest BCUT2D eigenvalue weighted by Crippen LogP contribution is 2.43. The van der Waals surface area contributed by atoms with Gasteiger partial charge >= 0.3 is 0 Å². The van der Waals surface area contributed by atoms with Crippen LogP contribution in [0.4, 0.5) is 0 Å². The van der Waals surface area contributed by atoms with E-state index in [0.717, 1.165) is 23.0 Å². The lowest BCUT2D eigenvalue weighted by atomic mass is 9.80. The molecule has 2 bridgehead atoms. The number of halogens is 1. The number of likely N-dealkylation sites (N-methyl/N-ethyl adjacent to an activating group) is 1. The van der Waals surface area contributed by atoms with Gasteiger partial charge in [-0.1, -0.05) is 16.8 Å². The highest BCUT2D eigenvalue weighted by atomic mass is 35.5. The van der Waals surface area contributed by atoms with E-state index in [4.69, 9.17) is 16.4 Å². The normalized spacial score (nSPS) is 35.3. The van der Waals surface area contributed by atoms with Crippen molar-refractivity contribution < 1.29 is 4.84 Å². The quantitative estimate of drug-likeness (QED) is 0.795. The largest absolute Gasteiger partial charge is 0.363 e. The third kappa shape index (κ3) is 1.68. The van der Waals surface area contributed by atoms with Gasteiger partial charge in [-0.2, -0.15) is 0 Å². The molecule has 4 heterocycles. The van der Waals surface area contributed by atoms with Gasteiger partial charge in [0.1, 0.15) is 0 Å². The zero-order valence-electron chi connectivity index (χ0n) is 11.6. The van der Waals surface area contributed by atoms with Crippen molar-refractivity contribution in [1.29, 1.82) is 0 Å². The van der Waals surface area contributed by atoms with E-state index >= 15 is 0 Å². The molecule has 1 spiro atoms. The first-order chi connectivity index (χ1) is 9.69. The fraction of sp³-hybridized carbons (Fsp3) is 0.533. The minimum Gasteiger partial charge on any atom is -0.363 e. The van der Waals surface area contributed by atoms with Gasteiger partial charge < -0.3 is 9.74 Å². The summed E-state index contributed by atoms with van der Waals surface area (Å²) in [5.41, 5.74) is 0.802. The van der Waals surface area contributed by atoms with E-state index in [2.05, 4.69) is 22.0 Å². The van der Waals surface area contributed by atoms with Crippen LogP contribution in [0.25, 0.3) is 0 Å². The zero-order valence-corrected chi connectivity index (χ0v) is 12.3. The monoisotopic (exact) mass is 291 g/mol. The molecular formula is C15H18ClN3O. The summed E-state index contributed by atoms with van der Waals surface area (Å²) in [6, 6.07) is 7.80. The molecule has 106 valence electrons. The lowest BCUT2D eigenvalue weighted by Crippen LogP contribution is -2.65. The first-order valence-electron chi connectivity index (χ1n) is 7.17. The molecule has 5 rings (SSSR count). The fourth-order valence-corrected chi connectivity index (χ4v) is 3.87. The van der Waals surface area contributed by atoms with Crippen molar-refractivity contribution in [3.63, 3.8) is 0 Å². The molecule has 0 saturated carbocycles. The van der Waals surface area contributed by atoms with Gasteiger partial charge in [-0.05, 0) is 50.2 Å². The number of nitrogens with zero attached hydrogens (tertiary/aromatic N) is 3. The molecule has 5 heteroatoms. The molecule has 0 N–H and O–H groups in total. The Kier molecular flexibility index (Phi) is 2.72. The molecule has 20 heavy (non-hydrogen) atoms. The van der Waals surface area contributed by atoms with Gasteiger partial charge in [0.2, 0.25) is 5.72 Å². The van der Waals surface area contributed by atoms with Crippen LogP contribution in [0.3, 0.4) is 0 Å². The van der Waals surface area contributed by atoms with Crippen LogP contribution in [-0.2, 0) is 4.84 Å². The van der Waals surface area contributed by atoms with Crippen molar-refractivity contribution in [3.05, 3.63) is 34.9 Å². The van der Waals surface area contributed by atoms with E-state index in [1.807, 2.05) is 24.3 Å². The van der Waals surface area contributed by atoms with Crippen molar-refractivity contribution >= 4 is 17.4 Å². The van der Waals surface area contributed by atoms with Crippen molar-refractivity contribution in [2.75, 3.05) is 26.7 Å². The van der Waals surface area contributed by atoms with Gasteiger partial charge in [-0.3, -0.25) is 4.90 Å². The van der Waals surface area contributed by atoms with Crippen LogP contribution in [-0.4, -0.2) is 48.0 Å². The predicted molar refractivity (Wildman–Crippen MR) is 78.7 cm³/mol. The molecule has 4 aliphatic rings. The zero-order chi connectivity index (χ0) is 13.7. The first-order valence-corrected chi connectivity index (χ1v) is 7.55. The lowest BCUT2D eigenvalue weighted by Gasteiger charge is -2.52. The van der Waals surface area contributed by atoms with E-state index in [9.17, 15) is 0 Å². The Hall–Kier alpha value is -1.26. The summed E-state index contributed by atoms with van der Waals surface area (Å²) in [5.74, 6) is 1.49. The Balaban J connectivity index is 1.64. The SMILES string of the molecule is CN1C(c2ccc(Cl)cc2)=NOC12CN1CCC2CC1. The average molecular weight is 292 g/mol. The van der Waals surface area contributed by atoms with Crippen LogP contribution in [0, 0.1) is 5.92 Å². The van der Waals surface area contributed by atoms with Gasteiger partial charge in [-0.25, -0.2) is 0 Å². The van der Waals surface area contributed by atoms with Crippen LogP contribution in [0.15, 0.2) is 29.4 Å². The van der Waals surface area contributed by atoms with Crippen LogP contribution in [0.1, 0.15) is 18.4 Å². The molecule has 0 aromatic heterocycles. The van der Waals surface area contributed by atoms with Gasteiger partial charge in [0.15, 0.2) is 5.84 Å². The Morgan fingerprint density at radius 2 is 1.95 bits per heavy atom. The number of hydrogen-bond donors (Lipinski definition) is 0. The number of rotatable bonds is 1. The Morgan fingerprint density at radius 3 is 2.55 bits per heavy atom. The van der Waals surface area contributed by atoms with Crippen molar-refractivity contribution in [1.82, 2.24) is 9.80 Å². The lowest BCUT2D eigenvalue weighted by molar-refractivity contribution is -0.190. The molecule has 0 radical (unpaired) electrons. The fourth-order valence-electron chi connectivity index (χ4n) is 3.74. The number of amidine groups is 1. The second-order valence-electron chi connectivity index (χ2n) is 5.97. The van der Waals surface area contributed by atoms with E-state index in [1.54, 1.807) is 0 Å². The molecule has 4 nitrogen and oxygen atoms in total. The van der Waals surface area contributed by atoms with E-state index in [-0.39, 0.29) is 5.72 Å². The highest BCUT2D eigenvalue weighted by Gasteiger charge is 2.55. The minimum absolute atomic E-state index is 0.258. The van der Waals surface area contributed by atoms with Crippen LogP contribution < -0.4 is 0 Å². The number of piperidine rings is 3. The average Bonchev–Trinajstić information content (AvgIpc) is 2.79. The summed E-state index contributed by atoms with van der Waals surface area (Å²) < 4.78 is 0. The van der Waals surface area contributed by atoms with Crippen LogP contribution in [0.2, 0.25) is 5.02 Å². The first kappa shape index (κ1) is 12.5. The Morgan fingerprint density at radius 1 is 1.25 bits per heavy atom. The Labute approximate surface area is 123 Å². The molecule has 1 aromatic rings. The maximum absolute atomic E-state index is 5.96. The molecule has 4 aliphatic heterocycles. The van der Waals surface area contributed by atoms with Gasteiger partial charge in [0, 0.05) is 23.6 Å². The maximum atomic E-state index is 5.96. The summed E-state index contributed by atoms with van der Waals surface area (Å²) in [4.78, 5) is 10.7. The summed E-state index contributed by atoms with van der Waals surface area (Å²) in [6.45, 7) is 3.34. The van der Waals surface area contributed by atoms with E-state index in [0.29, 0.717) is 5.92 Å². The molecule has 1 unspecified atom stereocenters. The summed E-state index contributed by atoms with van der Waals surface area (Å²) in [6.07, 6.45) is 2.40. The second-order valence-corrected chi connectivity index (χ2v) is 6.40. The van der Waals surface area contributed by atoms with Gasteiger partial charge in [0.05, 0.1) is 6.54 Å². The van der Waals surface area contributed by atoms with Gasteiger partial charge in [-0.15, -0.1) is 0 Å². The molecule has 0 amide bonds. The number of fused-ring (bicyclic) bond motifs is 2. The third-order valence-electron chi connectivity index (χ3n) is 4.95. The summed E-state index contributed by atoms with van der Waals surface area (Å²) in [5, 5.41) is 5.13. The molecule has 3 saturated heterocycles. The number of benzene rings is 1. The molecule has 1 aromatic carbocycles. The van der Waals surface area contributed by atoms with Crippen molar-refractivity contribution in [2.24, 2.45) is 11.1 Å². The van der Waals surface area contributed by atoms with E-state index in [1.165, 1.54) is 25.9 Å². The summed E-state index contributed by atoms with van der Waals surface area (Å²) in [7, 11) is 2.10. The van der Waals surface area contributed by atoms with E-state index < -0.39 is 0 Å². The van der Waals surface area contributed by atoms with Crippen LogP contribution >= 0.6 is 11.6 Å². The molecule has 3 fully saturated rings. The third-order valence-corrected chi connectivity index (χ3v) is 5.21. The van der Waals surface area contributed by atoms with Crippen molar-refractivity contribution in [3.8, 4) is 0 Å². The van der Waals surface area contributed by atoms with Gasteiger partial charge in [0.25, 0.3) is 0 Å². The standard InChI is InChI=1S/C15H18ClN3O/c1-18-14(11-2-4-13(16)5-3-11)17-20-15(18)10-19-8-6-12(15)7-9-19/h2-5,12H,6-10H2,1H3. The number of hydrogen-bond acceptors (Lipinski definition) is 4. The van der Waals surface area contributed by atoms with Crippen molar-refractivity contribution in [2.45, 2.75) is 18.6 Å². The number of oxime groups is 1. The summed E-state index contributed by atoms with van der Waals surface area (Å²) >= 11 is 5.96. The van der Waals surface area contributed by atoms with Crippen LogP contribution in [0.5, 0.6) is 0 Å².